The number of fused-ring (bicyclic) bond motifs is 1. The van der Waals surface area contributed by atoms with E-state index in [0.717, 1.165) is 11.1 Å². The molecule has 0 radical (unpaired) electrons. The number of anilines is 1. The molecule has 0 saturated heterocycles. The molecular formula is C21H13Cl3N2O2. The van der Waals surface area contributed by atoms with Crippen molar-refractivity contribution in [3.63, 3.8) is 0 Å². The highest BCUT2D eigenvalue weighted by atomic mass is 35.5. The SMILES string of the molecule is Cc1c(NC(=O)c2ccc(Cl)cc2Cl)cccc1-c1nc2cc(Cl)ccc2o1. The van der Waals surface area contributed by atoms with Crippen molar-refractivity contribution in [2.75, 3.05) is 5.32 Å². The van der Waals surface area contributed by atoms with Gasteiger partial charge in [-0.3, -0.25) is 4.79 Å². The van der Waals surface area contributed by atoms with Gasteiger partial charge in [0.2, 0.25) is 5.89 Å². The molecule has 0 fully saturated rings. The summed E-state index contributed by atoms with van der Waals surface area (Å²) in [6.45, 7) is 1.89. The van der Waals surface area contributed by atoms with E-state index in [9.17, 15) is 4.79 Å². The summed E-state index contributed by atoms with van der Waals surface area (Å²) in [4.78, 5) is 17.1. The Balaban J connectivity index is 1.69. The molecule has 140 valence electrons. The minimum Gasteiger partial charge on any atom is -0.436 e. The van der Waals surface area contributed by atoms with E-state index in [2.05, 4.69) is 10.3 Å². The Morgan fingerprint density at radius 2 is 1.75 bits per heavy atom. The number of hydrogen-bond acceptors (Lipinski definition) is 3. The Bertz CT molecular complexity index is 1220. The molecule has 0 spiro atoms. The average Bonchev–Trinajstić information content (AvgIpc) is 3.06. The number of hydrogen-bond donors (Lipinski definition) is 1. The molecule has 0 saturated carbocycles. The molecule has 0 aliphatic carbocycles. The third-order valence-electron chi connectivity index (χ3n) is 4.34. The quantitative estimate of drug-likeness (QED) is 0.379. The standard InChI is InChI=1S/C21H13Cl3N2O2/c1-11-14(21-26-18-10-13(23)6-8-19(18)28-21)3-2-4-17(11)25-20(27)15-7-5-12(22)9-16(15)24/h2-10H,1H3,(H,25,27). The molecule has 0 aliphatic heterocycles. The van der Waals surface area contributed by atoms with E-state index in [1.807, 2.05) is 19.1 Å². The van der Waals surface area contributed by atoms with Crippen molar-refractivity contribution in [1.82, 2.24) is 4.98 Å². The van der Waals surface area contributed by atoms with Gasteiger partial charge in [-0.15, -0.1) is 0 Å². The lowest BCUT2D eigenvalue weighted by atomic mass is 10.1. The first kappa shape index (κ1) is 18.8. The molecule has 0 unspecified atom stereocenters. The number of carbonyl (C=O) groups is 1. The van der Waals surface area contributed by atoms with Gasteiger partial charge >= 0.3 is 0 Å². The number of halogens is 3. The molecule has 7 heteroatoms. The first-order chi connectivity index (χ1) is 13.4. The van der Waals surface area contributed by atoms with Gasteiger partial charge in [0.1, 0.15) is 5.52 Å². The molecular weight excluding hydrogens is 419 g/mol. The number of carbonyl (C=O) groups excluding carboxylic acids is 1. The van der Waals surface area contributed by atoms with E-state index in [-0.39, 0.29) is 10.9 Å². The summed E-state index contributed by atoms with van der Waals surface area (Å²) >= 11 is 18.1. The van der Waals surface area contributed by atoms with E-state index in [1.165, 1.54) is 6.07 Å². The molecule has 4 nitrogen and oxygen atoms in total. The van der Waals surface area contributed by atoms with Crippen LogP contribution in [-0.4, -0.2) is 10.9 Å². The molecule has 1 amide bonds. The maximum Gasteiger partial charge on any atom is 0.257 e. The zero-order valence-electron chi connectivity index (χ0n) is 14.6. The highest BCUT2D eigenvalue weighted by molar-refractivity contribution is 6.37. The highest BCUT2D eigenvalue weighted by Crippen LogP contribution is 2.32. The number of nitrogens with one attached hydrogen (secondary N) is 1. The third-order valence-corrected chi connectivity index (χ3v) is 5.12. The predicted octanol–water partition coefficient (Wildman–Crippen LogP) is 7.02. The molecule has 4 aromatic rings. The van der Waals surface area contributed by atoms with Crippen LogP contribution in [0.2, 0.25) is 15.1 Å². The van der Waals surface area contributed by atoms with Crippen LogP contribution in [0.3, 0.4) is 0 Å². The largest absolute Gasteiger partial charge is 0.436 e. The van der Waals surface area contributed by atoms with Crippen LogP contribution >= 0.6 is 34.8 Å². The zero-order chi connectivity index (χ0) is 19.8. The Kier molecular flexibility index (Phi) is 5.02. The fourth-order valence-corrected chi connectivity index (χ4v) is 3.54. The normalized spacial score (nSPS) is 11.0. The number of oxazole rings is 1. The van der Waals surface area contributed by atoms with Crippen molar-refractivity contribution < 1.29 is 9.21 Å². The minimum absolute atomic E-state index is 0.287. The van der Waals surface area contributed by atoms with Crippen LogP contribution < -0.4 is 5.32 Å². The van der Waals surface area contributed by atoms with Gasteiger partial charge in [-0.2, -0.15) is 0 Å². The Hall–Kier alpha value is -2.53. The van der Waals surface area contributed by atoms with Crippen LogP contribution in [0.5, 0.6) is 0 Å². The first-order valence-electron chi connectivity index (χ1n) is 8.35. The first-order valence-corrected chi connectivity index (χ1v) is 9.48. The smallest absolute Gasteiger partial charge is 0.257 e. The summed E-state index contributed by atoms with van der Waals surface area (Å²) in [5.74, 6) is 0.127. The minimum atomic E-state index is -0.328. The van der Waals surface area contributed by atoms with E-state index in [4.69, 9.17) is 39.2 Å². The van der Waals surface area contributed by atoms with Crippen molar-refractivity contribution >= 4 is 57.5 Å². The number of rotatable bonds is 3. The molecule has 0 bridgehead atoms. The summed E-state index contributed by atoms with van der Waals surface area (Å²) in [5, 5.41) is 4.23. The second-order valence-corrected chi connectivity index (χ2v) is 7.47. The number of nitrogens with zero attached hydrogens (tertiary/aromatic N) is 1. The van der Waals surface area contributed by atoms with Crippen LogP contribution in [0.4, 0.5) is 5.69 Å². The van der Waals surface area contributed by atoms with Crippen molar-refractivity contribution in [3.8, 4) is 11.5 Å². The molecule has 1 heterocycles. The van der Waals surface area contributed by atoms with Crippen LogP contribution in [-0.2, 0) is 0 Å². The van der Waals surface area contributed by atoms with Gasteiger partial charge in [-0.05, 0) is 61.0 Å². The van der Waals surface area contributed by atoms with Gasteiger partial charge in [-0.25, -0.2) is 4.98 Å². The summed E-state index contributed by atoms with van der Waals surface area (Å²) < 4.78 is 5.85. The molecule has 28 heavy (non-hydrogen) atoms. The van der Waals surface area contributed by atoms with Crippen molar-refractivity contribution in [2.24, 2.45) is 0 Å². The monoisotopic (exact) mass is 430 g/mol. The van der Waals surface area contributed by atoms with E-state index < -0.39 is 0 Å². The average molecular weight is 432 g/mol. The zero-order valence-corrected chi connectivity index (χ0v) is 16.9. The molecule has 0 atom stereocenters. The fourth-order valence-electron chi connectivity index (χ4n) is 2.88. The van der Waals surface area contributed by atoms with Crippen molar-refractivity contribution in [2.45, 2.75) is 6.92 Å². The van der Waals surface area contributed by atoms with Crippen LogP contribution in [0.25, 0.3) is 22.6 Å². The molecule has 3 aromatic carbocycles. The van der Waals surface area contributed by atoms with Crippen LogP contribution in [0.15, 0.2) is 59.0 Å². The van der Waals surface area contributed by atoms with E-state index in [0.29, 0.717) is 38.3 Å². The number of benzene rings is 3. The van der Waals surface area contributed by atoms with E-state index >= 15 is 0 Å². The highest BCUT2D eigenvalue weighted by Gasteiger charge is 2.16. The Morgan fingerprint density at radius 1 is 1.00 bits per heavy atom. The van der Waals surface area contributed by atoms with Crippen molar-refractivity contribution in [3.05, 3.63) is 80.8 Å². The predicted molar refractivity (Wildman–Crippen MR) is 114 cm³/mol. The summed E-state index contributed by atoms with van der Waals surface area (Å²) in [6, 6.07) is 15.5. The van der Waals surface area contributed by atoms with Gasteiger partial charge in [0.25, 0.3) is 5.91 Å². The van der Waals surface area contributed by atoms with E-state index in [1.54, 1.807) is 36.4 Å². The molecule has 0 aliphatic rings. The summed E-state index contributed by atoms with van der Waals surface area (Å²) in [6.07, 6.45) is 0. The molecule has 1 aromatic heterocycles. The second kappa shape index (κ2) is 7.47. The van der Waals surface area contributed by atoms with Gasteiger partial charge in [0, 0.05) is 21.3 Å². The molecule has 1 N–H and O–H groups in total. The second-order valence-electron chi connectivity index (χ2n) is 6.19. The summed E-state index contributed by atoms with van der Waals surface area (Å²) in [7, 11) is 0. The van der Waals surface area contributed by atoms with Gasteiger partial charge in [0.05, 0.1) is 10.6 Å². The third kappa shape index (κ3) is 3.59. The number of amides is 1. The molecule has 4 rings (SSSR count). The Morgan fingerprint density at radius 3 is 2.54 bits per heavy atom. The maximum absolute atomic E-state index is 12.6. The van der Waals surface area contributed by atoms with Crippen LogP contribution in [0, 0.1) is 6.92 Å². The fraction of sp³-hybridized carbons (Fsp3) is 0.0476. The summed E-state index contributed by atoms with van der Waals surface area (Å²) in [5.41, 5.74) is 3.87. The van der Waals surface area contributed by atoms with Crippen molar-refractivity contribution in [1.29, 1.82) is 0 Å². The van der Waals surface area contributed by atoms with Gasteiger partial charge < -0.3 is 9.73 Å². The lowest BCUT2D eigenvalue weighted by Crippen LogP contribution is -2.13. The topological polar surface area (TPSA) is 55.1 Å². The van der Waals surface area contributed by atoms with Gasteiger partial charge in [-0.1, -0.05) is 40.9 Å². The van der Waals surface area contributed by atoms with Gasteiger partial charge in [0.15, 0.2) is 5.58 Å². The lowest BCUT2D eigenvalue weighted by molar-refractivity contribution is 0.102. The number of aromatic nitrogens is 1. The maximum atomic E-state index is 12.6. The van der Waals surface area contributed by atoms with Crippen LogP contribution in [0.1, 0.15) is 15.9 Å². The Labute approximate surface area is 176 Å². The lowest BCUT2D eigenvalue weighted by Gasteiger charge is -2.11.